The van der Waals surface area contributed by atoms with Crippen LogP contribution in [-0.2, 0) is 0 Å². The van der Waals surface area contributed by atoms with E-state index in [1.807, 2.05) is 13.2 Å². The first-order chi connectivity index (χ1) is 4.74. The molecule has 3 heteroatoms. The maximum atomic E-state index is 4.09. The van der Waals surface area contributed by atoms with E-state index in [-0.39, 0.29) is 0 Å². The maximum absolute atomic E-state index is 4.09. The smallest absolute Gasteiger partial charge is 0.186 e. The minimum atomic E-state index is 0.687. The summed E-state index contributed by atoms with van der Waals surface area (Å²) in [4.78, 5) is 7.78. The lowest BCUT2D eigenvalue weighted by Crippen LogP contribution is -1.85. The minimum absolute atomic E-state index is 0.687. The van der Waals surface area contributed by atoms with Gasteiger partial charge in [0.1, 0.15) is 0 Å². The van der Waals surface area contributed by atoms with Crippen LogP contribution in [0.2, 0.25) is 0 Å². The average molecular weight is 156 g/mol. The van der Waals surface area contributed by atoms with Gasteiger partial charge in [0.2, 0.25) is 0 Å². The molecule has 0 aromatic rings. The maximum Gasteiger partial charge on any atom is 0.186 e. The van der Waals surface area contributed by atoms with Gasteiger partial charge in [-0.15, -0.1) is 0 Å². The van der Waals surface area contributed by atoms with Crippen molar-refractivity contribution in [1.29, 1.82) is 0 Å². The second-order valence-corrected chi connectivity index (χ2v) is 2.45. The Morgan fingerprint density at radius 3 is 2.50 bits per heavy atom. The normalized spacial score (nSPS) is 11.2. The van der Waals surface area contributed by atoms with E-state index in [9.17, 15) is 0 Å². The van der Waals surface area contributed by atoms with E-state index >= 15 is 0 Å². The van der Waals surface area contributed by atoms with Crippen LogP contribution in [0.5, 0.6) is 0 Å². The molecule has 0 amide bonds. The molecule has 0 radical (unpaired) electrons. The Balaban J connectivity index is 4.09. The van der Waals surface area contributed by atoms with Crippen LogP contribution in [0.25, 0.3) is 0 Å². The predicted octanol–water partition coefficient (Wildman–Crippen LogP) is 2.33. The van der Waals surface area contributed by atoms with E-state index in [2.05, 4.69) is 23.3 Å². The van der Waals surface area contributed by atoms with Gasteiger partial charge in [-0.3, -0.25) is 0 Å². The number of aliphatic imine (C=N–C) groups is 2. The third-order valence-corrected chi connectivity index (χ3v) is 1.57. The summed E-state index contributed by atoms with van der Waals surface area (Å²) < 4.78 is 0. The molecule has 0 aliphatic heterocycles. The van der Waals surface area contributed by atoms with Crippen molar-refractivity contribution in [3.05, 3.63) is 12.3 Å². The van der Waals surface area contributed by atoms with Crippen molar-refractivity contribution >= 4 is 23.6 Å². The zero-order valence-corrected chi connectivity index (χ0v) is 7.24. The van der Waals surface area contributed by atoms with Crippen LogP contribution < -0.4 is 0 Å². The topological polar surface area (TPSA) is 24.7 Å². The molecule has 0 atom stereocenters. The van der Waals surface area contributed by atoms with Gasteiger partial charge in [-0.1, -0.05) is 25.3 Å². The summed E-state index contributed by atoms with van der Waals surface area (Å²) in [5, 5.41) is 0.687. The van der Waals surface area contributed by atoms with Crippen LogP contribution >= 0.6 is 11.8 Å². The highest BCUT2D eigenvalue weighted by Crippen LogP contribution is 2.05. The van der Waals surface area contributed by atoms with Crippen molar-refractivity contribution in [2.45, 2.75) is 13.3 Å². The molecule has 0 aromatic heterocycles. The second-order valence-electron chi connectivity index (χ2n) is 1.68. The van der Waals surface area contributed by atoms with Gasteiger partial charge in [0.15, 0.2) is 5.17 Å². The van der Waals surface area contributed by atoms with Crippen LogP contribution in [-0.4, -0.2) is 18.1 Å². The molecule has 0 aliphatic rings. The average Bonchev–Trinajstić information content (AvgIpc) is 1.99. The van der Waals surface area contributed by atoms with Gasteiger partial charge in [-0.05, 0) is 19.4 Å². The number of hydrogen-bond acceptors (Lipinski definition) is 2. The third kappa shape index (κ3) is 3.45. The highest BCUT2D eigenvalue weighted by Gasteiger charge is 1.90. The van der Waals surface area contributed by atoms with Gasteiger partial charge >= 0.3 is 0 Å². The zero-order chi connectivity index (χ0) is 7.98. The Kier molecular flexibility index (Phi) is 4.94. The molecule has 0 fully saturated rings. The molecule has 56 valence electrons. The largest absolute Gasteiger partial charge is 0.239 e. The van der Waals surface area contributed by atoms with Crippen LogP contribution in [0.1, 0.15) is 13.3 Å². The number of allylic oxidation sites excluding steroid dienone is 1. The fourth-order valence-corrected chi connectivity index (χ4v) is 0.709. The molecule has 0 spiro atoms. The predicted molar refractivity (Wildman–Crippen MR) is 49.9 cm³/mol. The fraction of sp³-hybridized carbons (Fsp3) is 0.429. The molecule has 0 saturated carbocycles. The van der Waals surface area contributed by atoms with Crippen LogP contribution in [0.15, 0.2) is 22.3 Å². The van der Waals surface area contributed by atoms with E-state index in [1.165, 1.54) is 11.8 Å². The van der Waals surface area contributed by atoms with E-state index < -0.39 is 0 Å². The van der Waals surface area contributed by atoms with Gasteiger partial charge in [0, 0.05) is 5.70 Å². The summed E-state index contributed by atoms with van der Waals surface area (Å²) in [5.41, 5.74) is 0.844. The van der Waals surface area contributed by atoms with Crippen LogP contribution in [0.3, 0.4) is 0 Å². The fourth-order valence-electron chi connectivity index (χ4n) is 0.360. The Morgan fingerprint density at radius 1 is 1.60 bits per heavy atom. The SMILES string of the molecule is C=NC(=NC(=C)CC)SC. The van der Waals surface area contributed by atoms with E-state index in [1.54, 1.807) is 0 Å². The molecule has 0 heterocycles. The molecule has 0 bridgehead atoms. The van der Waals surface area contributed by atoms with Gasteiger partial charge < -0.3 is 0 Å². The van der Waals surface area contributed by atoms with Crippen molar-refractivity contribution in [3.8, 4) is 0 Å². The van der Waals surface area contributed by atoms with Gasteiger partial charge in [0.25, 0.3) is 0 Å². The minimum Gasteiger partial charge on any atom is -0.239 e. The van der Waals surface area contributed by atoms with Crippen molar-refractivity contribution in [2.75, 3.05) is 6.26 Å². The van der Waals surface area contributed by atoms with E-state index in [4.69, 9.17) is 0 Å². The van der Waals surface area contributed by atoms with Gasteiger partial charge in [0.05, 0.1) is 0 Å². The third-order valence-electron chi connectivity index (χ3n) is 0.980. The standard InChI is InChI=1S/C7H12N2S/c1-5-6(2)9-7(8-3)10-4/h2-3,5H2,1,4H3. The molecule has 0 saturated heterocycles. The second kappa shape index (κ2) is 5.23. The molecule has 2 nitrogen and oxygen atoms in total. The molecule has 10 heavy (non-hydrogen) atoms. The monoisotopic (exact) mass is 156 g/mol. The summed E-state index contributed by atoms with van der Waals surface area (Å²) in [5.74, 6) is 0. The first-order valence-electron chi connectivity index (χ1n) is 3.01. The lowest BCUT2D eigenvalue weighted by molar-refractivity contribution is 1.08. The first kappa shape index (κ1) is 9.43. The number of thioether (sulfide) groups is 1. The highest BCUT2D eigenvalue weighted by atomic mass is 32.2. The molecule has 0 rings (SSSR count). The van der Waals surface area contributed by atoms with Crippen molar-refractivity contribution in [3.63, 3.8) is 0 Å². The van der Waals surface area contributed by atoms with Crippen LogP contribution in [0.4, 0.5) is 0 Å². The molecule has 0 aromatic carbocycles. The summed E-state index contributed by atoms with van der Waals surface area (Å²) in [6.07, 6.45) is 2.77. The molecule has 0 aliphatic carbocycles. The number of nitrogens with zero attached hydrogens (tertiary/aromatic N) is 2. The lowest BCUT2D eigenvalue weighted by Gasteiger charge is -1.94. The van der Waals surface area contributed by atoms with E-state index in [0.29, 0.717) is 5.17 Å². The van der Waals surface area contributed by atoms with E-state index in [0.717, 1.165) is 12.1 Å². The highest BCUT2D eigenvalue weighted by molar-refractivity contribution is 8.13. The first-order valence-corrected chi connectivity index (χ1v) is 4.24. The molecular formula is C7H12N2S. The number of amidine groups is 1. The Bertz CT molecular complexity index is 161. The van der Waals surface area contributed by atoms with Gasteiger partial charge in [-0.2, -0.15) is 0 Å². The molecule has 0 N–H and O–H groups in total. The quantitative estimate of drug-likeness (QED) is 0.445. The van der Waals surface area contributed by atoms with Gasteiger partial charge in [-0.25, -0.2) is 9.98 Å². The zero-order valence-electron chi connectivity index (χ0n) is 6.42. The summed E-state index contributed by atoms with van der Waals surface area (Å²) >= 11 is 1.47. The number of rotatable bonds is 2. The summed E-state index contributed by atoms with van der Waals surface area (Å²) in [7, 11) is 0. The molecular weight excluding hydrogens is 144 g/mol. The molecule has 0 unspecified atom stereocenters. The number of hydrogen-bond donors (Lipinski definition) is 0. The van der Waals surface area contributed by atoms with Crippen molar-refractivity contribution < 1.29 is 0 Å². The Hall–Kier alpha value is -0.570. The van der Waals surface area contributed by atoms with Crippen molar-refractivity contribution in [1.82, 2.24) is 0 Å². The Morgan fingerprint density at radius 2 is 2.20 bits per heavy atom. The Labute approximate surface area is 66.2 Å². The summed E-state index contributed by atoms with van der Waals surface area (Å²) in [6, 6.07) is 0. The summed E-state index contributed by atoms with van der Waals surface area (Å²) in [6.45, 7) is 9.10. The lowest BCUT2D eigenvalue weighted by atomic mass is 10.4. The van der Waals surface area contributed by atoms with Crippen LogP contribution in [0, 0.1) is 0 Å². The van der Waals surface area contributed by atoms with Crippen molar-refractivity contribution in [2.24, 2.45) is 9.98 Å².